The van der Waals surface area contributed by atoms with Gasteiger partial charge in [-0.25, -0.2) is 9.78 Å². The van der Waals surface area contributed by atoms with E-state index in [-0.39, 0.29) is 29.9 Å². The average molecular weight is 336 g/mol. The fraction of sp³-hybridized carbons (Fsp3) is 0.333. The first kappa shape index (κ1) is 15.4. The molecule has 1 saturated heterocycles. The Labute approximate surface area is 144 Å². The molecule has 1 N–H and O–H groups in total. The van der Waals surface area contributed by atoms with Gasteiger partial charge in [0, 0.05) is 17.3 Å². The summed E-state index contributed by atoms with van der Waals surface area (Å²) >= 11 is 0. The molecule has 25 heavy (non-hydrogen) atoms. The minimum Gasteiger partial charge on any atom is -0.447 e. The molecule has 1 saturated carbocycles. The summed E-state index contributed by atoms with van der Waals surface area (Å²) in [6, 6.07) is 9.47. The van der Waals surface area contributed by atoms with E-state index in [9.17, 15) is 9.59 Å². The van der Waals surface area contributed by atoms with Crippen LogP contribution in [0.25, 0.3) is 10.8 Å². The lowest BCUT2D eigenvalue weighted by molar-refractivity contribution is -0.117. The van der Waals surface area contributed by atoms with Crippen LogP contribution >= 0.6 is 0 Å². The molecule has 1 aliphatic heterocycles. The van der Waals surface area contributed by atoms with E-state index in [0.717, 1.165) is 16.5 Å². The van der Waals surface area contributed by atoms with Crippen LogP contribution in [0.15, 0.2) is 30.5 Å². The number of nitrogens with zero attached hydrogens (tertiary/aromatic N) is 3. The van der Waals surface area contributed by atoms with Gasteiger partial charge in [-0.1, -0.05) is 6.07 Å². The number of nitriles is 1. The molecule has 3 unspecified atom stereocenters. The van der Waals surface area contributed by atoms with Crippen molar-refractivity contribution in [2.75, 3.05) is 16.8 Å². The van der Waals surface area contributed by atoms with Crippen molar-refractivity contribution in [3.63, 3.8) is 0 Å². The molecule has 0 radical (unpaired) electrons. The highest BCUT2D eigenvalue weighted by molar-refractivity contribution is 5.98. The van der Waals surface area contributed by atoms with Gasteiger partial charge in [-0.3, -0.25) is 9.69 Å². The third kappa shape index (κ3) is 2.76. The molecule has 1 aliphatic carbocycles. The van der Waals surface area contributed by atoms with Crippen molar-refractivity contribution in [3.8, 4) is 6.07 Å². The monoisotopic (exact) mass is 336 g/mol. The lowest BCUT2D eigenvalue weighted by Crippen LogP contribution is -2.30. The van der Waals surface area contributed by atoms with Crippen LogP contribution in [0.4, 0.5) is 16.3 Å². The van der Waals surface area contributed by atoms with Crippen molar-refractivity contribution in [2.24, 2.45) is 11.8 Å². The second-order valence-corrected chi connectivity index (χ2v) is 6.46. The van der Waals surface area contributed by atoms with Gasteiger partial charge in [0.2, 0.25) is 5.91 Å². The Morgan fingerprint density at radius 1 is 1.40 bits per heavy atom. The summed E-state index contributed by atoms with van der Waals surface area (Å²) in [7, 11) is 0. The number of hydrogen-bond donors (Lipinski definition) is 1. The Morgan fingerprint density at radius 2 is 2.24 bits per heavy atom. The topological polar surface area (TPSA) is 95.3 Å². The van der Waals surface area contributed by atoms with Gasteiger partial charge in [-0.05, 0) is 36.9 Å². The summed E-state index contributed by atoms with van der Waals surface area (Å²) in [5.74, 6) is -0.162. The maximum Gasteiger partial charge on any atom is 0.414 e. The largest absolute Gasteiger partial charge is 0.447 e. The van der Waals surface area contributed by atoms with Crippen LogP contribution in [0.2, 0.25) is 0 Å². The molecular weight excluding hydrogens is 320 g/mol. The highest BCUT2D eigenvalue weighted by atomic mass is 16.6. The van der Waals surface area contributed by atoms with Crippen LogP contribution in [0, 0.1) is 23.2 Å². The number of fused-ring (bicyclic) bond motifs is 1. The first-order chi connectivity index (χ1) is 12.1. The number of rotatable bonds is 3. The van der Waals surface area contributed by atoms with E-state index in [1.807, 2.05) is 25.1 Å². The minimum atomic E-state index is -0.356. The molecule has 2 amide bonds. The third-order valence-corrected chi connectivity index (χ3v) is 4.61. The van der Waals surface area contributed by atoms with Crippen molar-refractivity contribution >= 4 is 34.3 Å². The number of carbonyl (C=O) groups is 2. The molecule has 1 aromatic heterocycles. The Morgan fingerprint density at radius 3 is 2.92 bits per heavy atom. The van der Waals surface area contributed by atoms with E-state index in [1.165, 1.54) is 0 Å². The van der Waals surface area contributed by atoms with Crippen LogP contribution in [-0.4, -0.2) is 29.6 Å². The maximum atomic E-state index is 12.1. The van der Waals surface area contributed by atoms with Gasteiger partial charge < -0.3 is 10.1 Å². The summed E-state index contributed by atoms with van der Waals surface area (Å²) < 4.78 is 5.07. The molecule has 1 aromatic carbocycles. The Balaban J connectivity index is 1.60. The van der Waals surface area contributed by atoms with Gasteiger partial charge in [0.15, 0.2) is 0 Å². The number of amides is 2. The first-order valence-corrected chi connectivity index (χ1v) is 8.13. The normalized spacial score (nSPS) is 24.7. The van der Waals surface area contributed by atoms with E-state index in [2.05, 4.69) is 16.4 Å². The number of benzene rings is 1. The fourth-order valence-corrected chi connectivity index (χ4v) is 3.07. The first-order valence-electron chi connectivity index (χ1n) is 8.13. The molecule has 126 valence electrons. The number of pyridine rings is 1. The number of hydrogen-bond acceptors (Lipinski definition) is 5. The Kier molecular flexibility index (Phi) is 3.53. The van der Waals surface area contributed by atoms with E-state index < -0.39 is 0 Å². The zero-order valence-corrected chi connectivity index (χ0v) is 13.6. The van der Waals surface area contributed by atoms with Crippen LogP contribution in [0.1, 0.15) is 13.3 Å². The molecular formula is C18H16N4O3. The maximum absolute atomic E-state index is 12.1. The Hall–Kier alpha value is -3.14. The van der Waals surface area contributed by atoms with Crippen LogP contribution in [0.3, 0.4) is 0 Å². The number of ether oxygens (including phenoxy) is 1. The zero-order chi connectivity index (χ0) is 17.6. The molecule has 4 rings (SSSR count). The second kappa shape index (κ2) is 5.74. The summed E-state index contributed by atoms with van der Waals surface area (Å²) in [5.41, 5.74) is 0.748. The molecule has 2 heterocycles. The number of cyclic esters (lactones) is 1. The van der Waals surface area contributed by atoms with E-state index >= 15 is 0 Å². The van der Waals surface area contributed by atoms with Gasteiger partial charge in [0.05, 0.1) is 23.9 Å². The van der Waals surface area contributed by atoms with Gasteiger partial charge in [-0.15, -0.1) is 0 Å². The lowest BCUT2D eigenvalue weighted by atomic mass is 10.1. The number of anilines is 2. The van der Waals surface area contributed by atoms with Gasteiger partial charge in [0.1, 0.15) is 12.4 Å². The molecule has 7 nitrogen and oxygen atoms in total. The summed E-state index contributed by atoms with van der Waals surface area (Å²) in [6.45, 7) is 2.30. The molecule has 2 fully saturated rings. The summed E-state index contributed by atoms with van der Waals surface area (Å²) in [4.78, 5) is 29.8. The Bertz CT molecular complexity index is 920. The molecule has 7 heteroatoms. The zero-order valence-electron chi connectivity index (χ0n) is 13.6. The summed E-state index contributed by atoms with van der Waals surface area (Å²) in [5, 5.41) is 13.4. The van der Waals surface area contributed by atoms with Crippen molar-refractivity contribution < 1.29 is 14.3 Å². The van der Waals surface area contributed by atoms with Gasteiger partial charge in [0.25, 0.3) is 0 Å². The van der Waals surface area contributed by atoms with Crippen LogP contribution in [-0.2, 0) is 9.53 Å². The predicted octanol–water partition coefficient (Wildman–Crippen LogP) is 2.68. The molecule has 3 atom stereocenters. The lowest BCUT2D eigenvalue weighted by Gasteiger charge is -2.18. The third-order valence-electron chi connectivity index (χ3n) is 4.61. The summed E-state index contributed by atoms with van der Waals surface area (Å²) in [6.07, 6.45) is 1.93. The molecule has 0 bridgehead atoms. The van der Waals surface area contributed by atoms with Gasteiger partial charge >= 0.3 is 6.09 Å². The van der Waals surface area contributed by atoms with E-state index in [0.29, 0.717) is 18.8 Å². The average Bonchev–Trinajstić information content (AvgIpc) is 3.33. The number of aromatic nitrogens is 1. The second-order valence-electron chi connectivity index (χ2n) is 6.46. The van der Waals surface area contributed by atoms with E-state index in [4.69, 9.17) is 10.00 Å². The number of nitrogens with one attached hydrogen (secondary N) is 1. The smallest absolute Gasteiger partial charge is 0.414 e. The highest BCUT2D eigenvalue weighted by Crippen LogP contribution is 2.38. The molecule has 2 aromatic rings. The standard InChI is InChI=1S/C18H16N4O3/c1-10-9-25-18(24)22(10)14-3-2-11-8-20-16(6-12(11)4-14)21-17(23)15-5-13(15)7-19/h2-4,6,8,10,13,15H,5,9H2,1H3,(H,20,21,23). The minimum absolute atomic E-state index is 0.0243. The highest BCUT2D eigenvalue weighted by Gasteiger charge is 2.43. The SMILES string of the molecule is CC1COC(=O)N1c1ccc2cnc(NC(=O)C3CC3C#N)cc2c1. The molecule has 2 aliphatic rings. The van der Waals surface area contributed by atoms with Crippen molar-refractivity contribution in [3.05, 3.63) is 30.5 Å². The predicted molar refractivity (Wildman–Crippen MR) is 90.9 cm³/mol. The van der Waals surface area contributed by atoms with Crippen molar-refractivity contribution in [1.29, 1.82) is 5.26 Å². The quantitative estimate of drug-likeness (QED) is 0.930. The van der Waals surface area contributed by atoms with E-state index in [1.54, 1.807) is 17.2 Å². The van der Waals surface area contributed by atoms with Crippen LogP contribution in [0.5, 0.6) is 0 Å². The van der Waals surface area contributed by atoms with Crippen molar-refractivity contribution in [1.82, 2.24) is 4.98 Å². The number of carbonyl (C=O) groups excluding carboxylic acids is 2. The van der Waals surface area contributed by atoms with Crippen molar-refractivity contribution in [2.45, 2.75) is 19.4 Å². The molecule has 0 spiro atoms. The van der Waals surface area contributed by atoms with Crippen LogP contribution < -0.4 is 10.2 Å². The van der Waals surface area contributed by atoms with Gasteiger partial charge in [-0.2, -0.15) is 5.26 Å². The fourth-order valence-electron chi connectivity index (χ4n) is 3.07.